The number of nitrogens with two attached hydrogens (primary N) is 1. The topological polar surface area (TPSA) is 138 Å². The molecule has 2 aromatic heterocycles. The number of morpholine rings is 1. The Balaban J connectivity index is 1.68. The molecule has 11 heteroatoms. The number of rotatable bonds is 5. The minimum atomic E-state index is -4.15. The first-order valence-corrected chi connectivity index (χ1v) is 15.0. The zero-order valence-corrected chi connectivity index (χ0v) is 24.4. The summed E-state index contributed by atoms with van der Waals surface area (Å²) in [6, 6.07) is 16.2. The zero-order valence-electron chi connectivity index (χ0n) is 23.6. The van der Waals surface area contributed by atoms with Crippen LogP contribution in [0.5, 0.6) is 0 Å². The van der Waals surface area contributed by atoms with Crippen LogP contribution in [-0.4, -0.2) is 59.6 Å². The zero-order chi connectivity index (χ0) is 29.9. The maximum absolute atomic E-state index is 14.2. The third-order valence-electron chi connectivity index (χ3n) is 7.64. The number of ether oxygens (including phenoxy) is 1. The Labute approximate surface area is 242 Å². The molecule has 5 aromatic rings. The van der Waals surface area contributed by atoms with Gasteiger partial charge in [0.2, 0.25) is 5.91 Å². The lowest BCUT2D eigenvalue weighted by Gasteiger charge is -2.35. The molecule has 0 bridgehead atoms. The maximum atomic E-state index is 14.2. The van der Waals surface area contributed by atoms with Crippen molar-refractivity contribution in [2.45, 2.75) is 44.8 Å². The molecule has 1 fully saturated rings. The van der Waals surface area contributed by atoms with Gasteiger partial charge in [0.05, 0.1) is 33.8 Å². The second kappa shape index (κ2) is 10.1. The molecule has 0 radical (unpaired) electrons. The molecule has 3 heterocycles. The summed E-state index contributed by atoms with van der Waals surface area (Å²) < 4.78 is 40.8. The first-order valence-electron chi connectivity index (χ1n) is 13.6. The molecule has 6 rings (SSSR count). The fraction of sp³-hybridized carbons (Fsp3) is 0.258. The number of hydrogen-bond acceptors (Lipinski definition) is 7. The summed E-state index contributed by atoms with van der Waals surface area (Å²) in [5, 5.41) is 4.79. The molecule has 1 aliphatic heterocycles. The van der Waals surface area contributed by atoms with Crippen molar-refractivity contribution < 1.29 is 27.3 Å². The van der Waals surface area contributed by atoms with Gasteiger partial charge in [0.1, 0.15) is 5.76 Å². The van der Waals surface area contributed by atoms with E-state index >= 15 is 0 Å². The molecule has 2 amide bonds. The molecule has 0 aliphatic carbocycles. The quantitative estimate of drug-likeness (QED) is 0.316. The highest BCUT2D eigenvalue weighted by Crippen LogP contribution is 2.39. The van der Waals surface area contributed by atoms with Crippen molar-refractivity contribution in [2.75, 3.05) is 13.1 Å². The minimum absolute atomic E-state index is 0.0728. The molecule has 1 saturated heterocycles. The number of carbonyl (C=O) groups excluding carboxylic acids is 2. The molecule has 10 nitrogen and oxygen atoms in total. The first kappa shape index (κ1) is 27.7. The number of benzene rings is 3. The lowest BCUT2D eigenvalue weighted by atomic mass is 9.97. The number of hydrogen-bond donors (Lipinski definition) is 1. The monoisotopic (exact) mass is 586 g/mol. The number of amides is 2. The lowest BCUT2D eigenvalue weighted by Crippen LogP contribution is -2.48. The van der Waals surface area contributed by atoms with Crippen LogP contribution in [-0.2, 0) is 14.8 Å². The number of fused-ring (bicyclic) bond motifs is 3. The summed E-state index contributed by atoms with van der Waals surface area (Å²) in [4.78, 5) is 28.4. The number of nitrogens with zero attached hydrogens (tertiary/aromatic N) is 3. The highest BCUT2D eigenvalue weighted by atomic mass is 32.2. The molecule has 1 aliphatic rings. The summed E-state index contributed by atoms with van der Waals surface area (Å²) in [6.07, 6.45) is -0.243. The van der Waals surface area contributed by atoms with Crippen LogP contribution in [0.25, 0.3) is 32.9 Å². The Morgan fingerprint density at radius 3 is 2.26 bits per heavy atom. The van der Waals surface area contributed by atoms with Gasteiger partial charge in [-0.1, -0.05) is 23.4 Å². The van der Waals surface area contributed by atoms with E-state index in [1.165, 1.54) is 16.1 Å². The van der Waals surface area contributed by atoms with Gasteiger partial charge in [0.15, 0.2) is 0 Å². The second-order valence-corrected chi connectivity index (χ2v) is 12.5. The van der Waals surface area contributed by atoms with Gasteiger partial charge >= 0.3 is 0 Å². The second-order valence-electron chi connectivity index (χ2n) is 10.8. The number of aryl methyl sites for hydroxylation is 2. The molecule has 0 spiro atoms. The largest absolute Gasteiger partial charge is 0.372 e. The number of primary amides is 1. The Morgan fingerprint density at radius 2 is 1.64 bits per heavy atom. The van der Waals surface area contributed by atoms with Crippen molar-refractivity contribution in [1.29, 1.82) is 0 Å². The molecular weight excluding hydrogens is 556 g/mol. The van der Waals surface area contributed by atoms with Crippen LogP contribution in [0.4, 0.5) is 0 Å². The molecule has 216 valence electrons. The Morgan fingerprint density at radius 1 is 0.952 bits per heavy atom. The van der Waals surface area contributed by atoms with E-state index in [1.54, 1.807) is 67.3 Å². The first-order chi connectivity index (χ1) is 20.0. The van der Waals surface area contributed by atoms with E-state index in [4.69, 9.17) is 15.0 Å². The molecule has 0 saturated carbocycles. The van der Waals surface area contributed by atoms with E-state index in [1.807, 2.05) is 13.8 Å². The third-order valence-corrected chi connectivity index (χ3v) is 9.39. The molecule has 2 N–H and O–H groups in total. The van der Waals surface area contributed by atoms with E-state index in [9.17, 15) is 18.0 Å². The van der Waals surface area contributed by atoms with Gasteiger partial charge in [-0.05, 0) is 75.7 Å². The SMILES string of the molecule is Cc1noc(C)c1-c1cc(C(N)=O)c2c3cc(C(=O)N4C[C@@H](C)O[C@@H](C)C4)ccc3n(S(=O)(=O)c3ccccc3)c2c1. The van der Waals surface area contributed by atoms with E-state index in [0.717, 1.165) is 0 Å². The van der Waals surface area contributed by atoms with Crippen molar-refractivity contribution in [3.05, 3.63) is 83.2 Å². The third kappa shape index (κ3) is 4.45. The smallest absolute Gasteiger partial charge is 0.268 e. The van der Waals surface area contributed by atoms with Crippen LogP contribution in [0.1, 0.15) is 46.0 Å². The molecular formula is C31H30N4O6S. The van der Waals surface area contributed by atoms with Gasteiger partial charge in [0.25, 0.3) is 15.9 Å². The van der Waals surface area contributed by atoms with Gasteiger partial charge in [-0.3, -0.25) is 9.59 Å². The van der Waals surface area contributed by atoms with Gasteiger partial charge in [-0.15, -0.1) is 0 Å². The number of carbonyl (C=O) groups is 2. The highest BCUT2D eigenvalue weighted by molar-refractivity contribution is 7.90. The molecule has 42 heavy (non-hydrogen) atoms. The van der Waals surface area contributed by atoms with E-state index in [0.29, 0.717) is 57.5 Å². The van der Waals surface area contributed by atoms with E-state index < -0.39 is 15.9 Å². The normalized spacial score (nSPS) is 17.7. The summed E-state index contributed by atoms with van der Waals surface area (Å²) in [7, 11) is -4.15. The number of aromatic nitrogens is 2. The average molecular weight is 587 g/mol. The van der Waals surface area contributed by atoms with E-state index in [2.05, 4.69) is 5.16 Å². The standard InChI is InChI=1S/C31H30N4O6S/c1-17-15-34(16-18(2)40-17)31(37)21-10-11-26-24(12-21)29-25(30(32)36)13-22(28-19(3)33-41-20(28)4)14-27(29)35(26)42(38,39)23-8-6-5-7-9-23/h5-14,17-18H,15-16H2,1-4H3,(H2,32,36)/t17-,18+. The summed E-state index contributed by atoms with van der Waals surface area (Å²) in [6.45, 7) is 8.19. The predicted molar refractivity (Wildman–Crippen MR) is 158 cm³/mol. The molecule has 3 aromatic carbocycles. The van der Waals surface area contributed by atoms with Gasteiger partial charge in [0, 0.05) is 40.6 Å². The summed E-state index contributed by atoms with van der Waals surface area (Å²) in [5.74, 6) is -0.436. The fourth-order valence-electron chi connectivity index (χ4n) is 5.96. The van der Waals surface area contributed by atoms with Gasteiger partial charge in [-0.25, -0.2) is 12.4 Å². The van der Waals surface area contributed by atoms with Crippen molar-refractivity contribution >= 4 is 43.6 Å². The highest BCUT2D eigenvalue weighted by Gasteiger charge is 2.30. The molecule has 2 atom stereocenters. The van der Waals surface area contributed by atoms with Crippen molar-refractivity contribution in [1.82, 2.24) is 14.0 Å². The van der Waals surface area contributed by atoms with Gasteiger partial charge in [-0.2, -0.15) is 0 Å². The lowest BCUT2D eigenvalue weighted by molar-refractivity contribution is -0.0586. The van der Waals surface area contributed by atoms with E-state index in [-0.39, 0.29) is 34.1 Å². The van der Waals surface area contributed by atoms with Crippen molar-refractivity contribution in [3.8, 4) is 11.1 Å². The van der Waals surface area contributed by atoms with Crippen LogP contribution < -0.4 is 5.73 Å². The van der Waals surface area contributed by atoms with Crippen molar-refractivity contribution in [3.63, 3.8) is 0 Å². The van der Waals surface area contributed by atoms with Crippen LogP contribution in [0.15, 0.2) is 70.1 Å². The summed E-state index contributed by atoms with van der Waals surface area (Å²) >= 11 is 0. The average Bonchev–Trinajstić information content (AvgIpc) is 3.47. The Bertz CT molecular complexity index is 1970. The predicted octanol–water partition coefficient (Wildman–Crippen LogP) is 4.65. The van der Waals surface area contributed by atoms with Crippen LogP contribution >= 0.6 is 0 Å². The maximum Gasteiger partial charge on any atom is 0.268 e. The minimum Gasteiger partial charge on any atom is -0.372 e. The van der Waals surface area contributed by atoms with Crippen LogP contribution in [0, 0.1) is 13.8 Å². The van der Waals surface area contributed by atoms with Crippen molar-refractivity contribution in [2.24, 2.45) is 5.73 Å². The van der Waals surface area contributed by atoms with Crippen LogP contribution in [0.3, 0.4) is 0 Å². The molecule has 0 unspecified atom stereocenters. The van der Waals surface area contributed by atoms with Gasteiger partial charge < -0.3 is 19.9 Å². The van der Waals surface area contributed by atoms with Crippen LogP contribution in [0.2, 0.25) is 0 Å². The summed E-state index contributed by atoms with van der Waals surface area (Å²) in [5.41, 5.74) is 8.72. The fourth-order valence-corrected chi connectivity index (χ4v) is 7.50. The Hall–Kier alpha value is -4.48. The Kier molecular flexibility index (Phi) is 6.66.